The van der Waals surface area contributed by atoms with Crippen LogP contribution in [-0.2, 0) is 0 Å². The van der Waals surface area contributed by atoms with Crippen molar-refractivity contribution in [3.05, 3.63) is 46.5 Å². The summed E-state index contributed by atoms with van der Waals surface area (Å²) in [5, 5.41) is 22.9. The fourth-order valence-corrected chi connectivity index (χ4v) is 4.03. The quantitative estimate of drug-likeness (QED) is 0.458. The number of rotatable bonds is 6. The summed E-state index contributed by atoms with van der Waals surface area (Å²) in [7, 11) is 1.70. The molecule has 1 unspecified atom stereocenters. The van der Waals surface area contributed by atoms with E-state index in [2.05, 4.69) is 26.0 Å². The summed E-state index contributed by atoms with van der Waals surface area (Å²) in [5.41, 5.74) is 0.518. The third-order valence-corrected chi connectivity index (χ3v) is 6.28. The standard InChI is InChI=1S/C21H24FN7O3/c1-23-18-9-17(25-14-3-2-8-28(21(14)32)15-6-7-16(15)30)27-19-11(10-24-29(18)19)20(31)26-13-5-4-12(13)22/h2-3,8-10,12-13,15-16,23,30H,4-7H2,1H3,(H,25,27)(H,26,31)/t12-,13-,15?,16-/m0/s1. The minimum Gasteiger partial charge on any atom is -0.391 e. The van der Waals surface area contributed by atoms with Crippen molar-refractivity contribution in [3.8, 4) is 0 Å². The van der Waals surface area contributed by atoms with Gasteiger partial charge in [-0.3, -0.25) is 9.59 Å². The molecular weight excluding hydrogens is 417 g/mol. The number of pyridine rings is 1. The molecule has 168 valence electrons. The smallest absolute Gasteiger partial charge is 0.274 e. The van der Waals surface area contributed by atoms with Gasteiger partial charge in [-0.2, -0.15) is 9.61 Å². The van der Waals surface area contributed by atoms with Gasteiger partial charge in [-0.1, -0.05) is 0 Å². The van der Waals surface area contributed by atoms with Gasteiger partial charge in [0.25, 0.3) is 11.5 Å². The molecule has 2 saturated carbocycles. The summed E-state index contributed by atoms with van der Waals surface area (Å²) >= 11 is 0. The Morgan fingerprint density at radius 1 is 1.28 bits per heavy atom. The maximum Gasteiger partial charge on any atom is 0.274 e. The predicted molar refractivity (Wildman–Crippen MR) is 116 cm³/mol. The van der Waals surface area contributed by atoms with Crippen LogP contribution >= 0.6 is 0 Å². The van der Waals surface area contributed by atoms with Gasteiger partial charge in [-0.15, -0.1) is 0 Å². The van der Waals surface area contributed by atoms with Crippen LogP contribution in [0.25, 0.3) is 5.65 Å². The summed E-state index contributed by atoms with van der Waals surface area (Å²) in [6, 6.07) is 4.31. The molecule has 0 bridgehead atoms. The molecule has 32 heavy (non-hydrogen) atoms. The first-order valence-electron chi connectivity index (χ1n) is 10.6. The minimum absolute atomic E-state index is 0.215. The van der Waals surface area contributed by atoms with Crippen LogP contribution in [0.1, 0.15) is 42.1 Å². The molecule has 2 fully saturated rings. The second-order valence-electron chi connectivity index (χ2n) is 8.21. The molecule has 10 nitrogen and oxygen atoms in total. The van der Waals surface area contributed by atoms with Gasteiger partial charge in [0, 0.05) is 19.3 Å². The molecule has 5 rings (SSSR count). The van der Waals surface area contributed by atoms with E-state index in [1.807, 2.05) is 0 Å². The molecule has 3 aromatic rings. The second kappa shape index (κ2) is 7.90. The number of halogens is 1. The number of amides is 1. The van der Waals surface area contributed by atoms with Gasteiger partial charge in [-0.25, -0.2) is 9.37 Å². The van der Waals surface area contributed by atoms with Gasteiger partial charge >= 0.3 is 0 Å². The summed E-state index contributed by atoms with van der Waals surface area (Å²) in [4.78, 5) is 30.1. The van der Waals surface area contributed by atoms with Gasteiger partial charge in [-0.05, 0) is 37.8 Å². The van der Waals surface area contributed by atoms with E-state index in [4.69, 9.17) is 0 Å². The van der Waals surface area contributed by atoms with Crippen LogP contribution < -0.4 is 21.5 Å². The fraction of sp³-hybridized carbons (Fsp3) is 0.429. The molecule has 4 atom stereocenters. The minimum atomic E-state index is -1.03. The van der Waals surface area contributed by atoms with E-state index in [9.17, 15) is 19.1 Å². The van der Waals surface area contributed by atoms with Crippen LogP contribution in [0.3, 0.4) is 0 Å². The highest BCUT2D eigenvalue weighted by Gasteiger charge is 2.33. The number of hydrogen-bond donors (Lipinski definition) is 4. The van der Waals surface area contributed by atoms with Gasteiger partial charge in [0.1, 0.15) is 29.1 Å². The number of anilines is 3. The van der Waals surface area contributed by atoms with E-state index in [1.54, 1.807) is 31.4 Å². The number of alkyl halides is 1. The van der Waals surface area contributed by atoms with Crippen LogP contribution in [0.15, 0.2) is 35.4 Å². The summed E-state index contributed by atoms with van der Waals surface area (Å²) in [5.74, 6) is 0.446. The molecule has 1 amide bonds. The third-order valence-electron chi connectivity index (χ3n) is 6.28. The van der Waals surface area contributed by atoms with E-state index in [0.717, 1.165) is 6.42 Å². The lowest BCUT2D eigenvalue weighted by atomic mass is 9.89. The largest absolute Gasteiger partial charge is 0.391 e. The lowest BCUT2D eigenvalue weighted by Gasteiger charge is -2.34. The first-order valence-corrected chi connectivity index (χ1v) is 10.6. The topological polar surface area (TPSA) is 126 Å². The first-order chi connectivity index (χ1) is 15.5. The third kappa shape index (κ3) is 3.38. The van der Waals surface area contributed by atoms with Gasteiger partial charge in [0.05, 0.1) is 24.4 Å². The van der Waals surface area contributed by atoms with E-state index >= 15 is 0 Å². The number of nitrogens with zero attached hydrogens (tertiary/aromatic N) is 4. The Kier molecular flexibility index (Phi) is 5.04. The van der Waals surface area contributed by atoms with Crippen LogP contribution in [-0.4, -0.2) is 55.5 Å². The lowest BCUT2D eigenvalue weighted by molar-refractivity contribution is 0.0300. The molecule has 4 N–H and O–H groups in total. The Morgan fingerprint density at radius 3 is 2.75 bits per heavy atom. The molecule has 0 radical (unpaired) electrons. The van der Waals surface area contributed by atoms with Crippen molar-refractivity contribution in [1.82, 2.24) is 24.5 Å². The fourth-order valence-electron chi connectivity index (χ4n) is 4.03. The van der Waals surface area contributed by atoms with Gasteiger partial charge in [0.15, 0.2) is 5.65 Å². The number of aromatic nitrogens is 4. The maximum absolute atomic E-state index is 13.6. The molecule has 11 heteroatoms. The lowest BCUT2D eigenvalue weighted by Crippen LogP contribution is -2.48. The SMILES string of the molecule is CNc1cc(Nc2cccn(C3CC[C@@H]3O)c2=O)nc2c(C(=O)N[C@H]3CC[C@@H]3F)cnn12. The number of aliphatic hydroxyl groups is 1. The van der Waals surface area contributed by atoms with E-state index in [1.165, 1.54) is 15.3 Å². The van der Waals surface area contributed by atoms with E-state index in [0.29, 0.717) is 36.6 Å². The number of carbonyl (C=O) groups is 1. The zero-order valence-corrected chi connectivity index (χ0v) is 17.5. The molecule has 3 aromatic heterocycles. The van der Waals surface area contributed by atoms with Crippen molar-refractivity contribution in [1.29, 1.82) is 0 Å². The summed E-state index contributed by atoms with van der Waals surface area (Å²) in [6.07, 6.45) is 3.96. The van der Waals surface area contributed by atoms with Crippen LogP contribution in [0.4, 0.5) is 21.7 Å². The van der Waals surface area contributed by atoms with E-state index in [-0.39, 0.29) is 22.8 Å². The van der Waals surface area contributed by atoms with Crippen molar-refractivity contribution in [3.63, 3.8) is 0 Å². The highest BCUT2D eigenvalue weighted by molar-refractivity contribution is 6.00. The number of carbonyl (C=O) groups excluding carboxylic acids is 1. The number of fused-ring (bicyclic) bond motifs is 1. The van der Waals surface area contributed by atoms with Gasteiger partial charge < -0.3 is 25.6 Å². The van der Waals surface area contributed by atoms with Crippen molar-refractivity contribution in [2.45, 2.75) is 50.0 Å². The van der Waals surface area contributed by atoms with Crippen molar-refractivity contribution in [2.75, 3.05) is 17.7 Å². The average molecular weight is 441 g/mol. The average Bonchev–Trinajstić information content (AvgIpc) is 3.21. The predicted octanol–water partition coefficient (Wildman–Crippen LogP) is 1.60. The molecule has 2 aliphatic rings. The molecule has 3 heterocycles. The Morgan fingerprint density at radius 2 is 2.12 bits per heavy atom. The van der Waals surface area contributed by atoms with Crippen molar-refractivity contribution in [2.24, 2.45) is 0 Å². The number of aliphatic hydroxyl groups excluding tert-OH is 1. The van der Waals surface area contributed by atoms with E-state index < -0.39 is 24.2 Å². The molecule has 0 aromatic carbocycles. The van der Waals surface area contributed by atoms with Crippen LogP contribution in [0.2, 0.25) is 0 Å². The highest BCUT2D eigenvalue weighted by Crippen LogP contribution is 2.31. The molecule has 0 spiro atoms. The molecule has 2 aliphatic carbocycles. The Labute approximate surface area is 182 Å². The monoisotopic (exact) mass is 441 g/mol. The second-order valence-corrected chi connectivity index (χ2v) is 8.21. The summed E-state index contributed by atoms with van der Waals surface area (Å²) < 4.78 is 16.6. The van der Waals surface area contributed by atoms with Gasteiger partial charge in [0.2, 0.25) is 0 Å². The van der Waals surface area contributed by atoms with Crippen LogP contribution in [0.5, 0.6) is 0 Å². The highest BCUT2D eigenvalue weighted by atomic mass is 19.1. The Balaban J connectivity index is 1.48. The Hall–Kier alpha value is -3.47. The van der Waals surface area contributed by atoms with Crippen LogP contribution in [0, 0.1) is 0 Å². The molecular formula is C21H24FN7O3. The number of nitrogens with one attached hydrogen (secondary N) is 3. The first kappa shape index (κ1) is 20.4. The molecule has 0 aliphatic heterocycles. The zero-order chi connectivity index (χ0) is 22.4. The zero-order valence-electron chi connectivity index (χ0n) is 17.5. The van der Waals surface area contributed by atoms with Crippen molar-refractivity contribution < 1.29 is 14.3 Å². The van der Waals surface area contributed by atoms with Crippen molar-refractivity contribution >= 4 is 28.9 Å². The Bertz CT molecular complexity index is 1240. The summed E-state index contributed by atoms with van der Waals surface area (Å²) in [6.45, 7) is 0. The normalized spacial score (nSPS) is 24.5. The number of hydrogen-bond acceptors (Lipinski definition) is 7. The molecule has 0 saturated heterocycles. The maximum atomic E-state index is 13.6.